The highest BCUT2D eigenvalue weighted by Crippen LogP contribution is 2.46. The van der Waals surface area contributed by atoms with Crippen LogP contribution in [0.15, 0.2) is 42.5 Å². The highest BCUT2D eigenvalue weighted by molar-refractivity contribution is 6.00. The summed E-state index contributed by atoms with van der Waals surface area (Å²) in [6, 6.07) is 13.1. The molecular weight excluding hydrogens is 382 g/mol. The number of methoxy groups -OCH3 is 3. The van der Waals surface area contributed by atoms with Crippen LogP contribution in [0.25, 0.3) is 11.3 Å². The van der Waals surface area contributed by atoms with Crippen molar-refractivity contribution >= 4 is 5.91 Å². The molecule has 4 rings (SSSR count). The number of nitrogens with zero attached hydrogens (tertiary/aromatic N) is 2. The van der Waals surface area contributed by atoms with Crippen molar-refractivity contribution in [3.05, 3.63) is 59.3 Å². The topological polar surface area (TPSA) is 76.7 Å². The summed E-state index contributed by atoms with van der Waals surface area (Å²) in [5.41, 5.74) is 3.95. The number of amides is 1. The van der Waals surface area contributed by atoms with Crippen LogP contribution >= 0.6 is 0 Å². The Kier molecular flexibility index (Phi) is 5.35. The third-order valence-corrected chi connectivity index (χ3v) is 5.43. The molecule has 2 aromatic carbocycles. The highest BCUT2D eigenvalue weighted by Gasteiger charge is 2.42. The summed E-state index contributed by atoms with van der Waals surface area (Å²) in [4.78, 5) is 15.1. The molecule has 0 fully saturated rings. The summed E-state index contributed by atoms with van der Waals surface area (Å²) in [6.07, 6.45) is 0.844. The molecule has 1 aliphatic rings. The molecule has 1 aromatic heterocycles. The molecule has 0 radical (unpaired) electrons. The third kappa shape index (κ3) is 3.16. The molecule has 1 aliphatic heterocycles. The van der Waals surface area contributed by atoms with E-state index < -0.39 is 0 Å². The molecule has 1 amide bonds. The van der Waals surface area contributed by atoms with Gasteiger partial charge in [-0.05, 0) is 42.8 Å². The van der Waals surface area contributed by atoms with Crippen LogP contribution in [0.3, 0.4) is 0 Å². The summed E-state index contributed by atoms with van der Waals surface area (Å²) >= 11 is 0. The molecule has 7 nitrogen and oxygen atoms in total. The molecule has 7 heteroatoms. The van der Waals surface area contributed by atoms with Crippen LogP contribution < -0.4 is 14.2 Å². The van der Waals surface area contributed by atoms with Crippen LogP contribution in [0, 0.1) is 0 Å². The second-order valence-corrected chi connectivity index (χ2v) is 7.10. The molecule has 0 saturated heterocycles. The van der Waals surface area contributed by atoms with E-state index in [2.05, 4.69) is 17.1 Å². The summed E-state index contributed by atoms with van der Waals surface area (Å²) in [7, 11) is 4.88. The number of carbonyl (C=O) groups excluding carboxylic acids is 1. The predicted molar refractivity (Wildman–Crippen MR) is 113 cm³/mol. The summed E-state index contributed by atoms with van der Waals surface area (Å²) in [5.74, 6) is 2.08. The number of H-pyrrole nitrogens is 1. The lowest BCUT2D eigenvalue weighted by molar-refractivity contribution is 0.0742. The summed E-state index contributed by atoms with van der Waals surface area (Å²) < 4.78 is 16.3. The van der Waals surface area contributed by atoms with Crippen molar-refractivity contribution in [2.45, 2.75) is 19.4 Å². The maximum absolute atomic E-state index is 13.2. The second kappa shape index (κ2) is 8.10. The van der Waals surface area contributed by atoms with Gasteiger partial charge in [0.05, 0.1) is 33.1 Å². The van der Waals surface area contributed by atoms with Gasteiger partial charge in [-0.3, -0.25) is 9.89 Å². The largest absolute Gasteiger partial charge is 0.497 e. The number of fused-ring (bicyclic) bond motifs is 1. The van der Waals surface area contributed by atoms with E-state index in [9.17, 15) is 4.79 Å². The van der Waals surface area contributed by atoms with Gasteiger partial charge < -0.3 is 19.1 Å². The minimum Gasteiger partial charge on any atom is -0.497 e. The molecule has 3 aromatic rings. The smallest absolute Gasteiger partial charge is 0.273 e. The fourth-order valence-electron chi connectivity index (χ4n) is 4.00. The minimum absolute atomic E-state index is 0.0537. The van der Waals surface area contributed by atoms with E-state index in [-0.39, 0.29) is 11.9 Å². The number of aromatic nitrogens is 2. The molecule has 0 bridgehead atoms. The maximum Gasteiger partial charge on any atom is 0.273 e. The van der Waals surface area contributed by atoms with Crippen molar-refractivity contribution in [3.63, 3.8) is 0 Å². The monoisotopic (exact) mass is 407 g/mol. The summed E-state index contributed by atoms with van der Waals surface area (Å²) in [5, 5.41) is 7.47. The van der Waals surface area contributed by atoms with Gasteiger partial charge in [0.2, 0.25) is 0 Å². The van der Waals surface area contributed by atoms with Crippen molar-refractivity contribution in [1.82, 2.24) is 15.1 Å². The summed E-state index contributed by atoms with van der Waals surface area (Å²) in [6.45, 7) is 2.69. The molecule has 0 unspecified atom stereocenters. The zero-order valence-electron chi connectivity index (χ0n) is 17.6. The lowest BCUT2D eigenvalue weighted by Gasteiger charge is -2.27. The normalized spacial score (nSPS) is 15.3. The van der Waals surface area contributed by atoms with Gasteiger partial charge >= 0.3 is 0 Å². The highest BCUT2D eigenvalue weighted by atomic mass is 16.5. The molecule has 0 spiro atoms. The van der Waals surface area contributed by atoms with Crippen molar-refractivity contribution in [3.8, 4) is 28.5 Å². The van der Waals surface area contributed by atoms with E-state index in [4.69, 9.17) is 14.2 Å². The molecule has 1 N–H and O–H groups in total. The molecule has 30 heavy (non-hydrogen) atoms. The molecular formula is C23H25N3O4. The van der Waals surface area contributed by atoms with Crippen molar-refractivity contribution in [2.24, 2.45) is 0 Å². The number of hydrogen-bond acceptors (Lipinski definition) is 5. The fraction of sp³-hybridized carbons (Fsp3) is 0.304. The first-order chi connectivity index (χ1) is 14.6. The Bertz CT molecular complexity index is 1060. The van der Waals surface area contributed by atoms with Gasteiger partial charge in [0.1, 0.15) is 22.9 Å². The SMILES string of the molecule is CCCN1C(=O)c2[nH]nc(-c3ccc(OC)cc3)c2[C@@H]1c1ccc(OC)cc1OC. The van der Waals surface area contributed by atoms with Crippen LogP contribution in [-0.2, 0) is 0 Å². The number of aromatic amines is 1. The Hall–Kier alpha value is -3.48. The van der Waals surface area contributed by atoms with Crippen molar-refractivity contribution in [1.29, 1.82) is 0 Å². The number of benzene rings is 2. The van der Waals surface area contributed by atoms with Gasteiger partial charge in [-0.2, -0.15) is 5.10 Å². The number of rotatable bonds is 7. The van der Waals surface area contributed by atoms with Crippen molar-refractivity contribution in [2.75, 3.05) is 27.9 Å². The second-order valence-electron chi connectivity index (χ2n) is 7.10. The zero-order valence-corrected chi connectivity index (χ0v) is 17.6. The lowest BCUT2D eigenvalue weighted by atomic mass is 9.95. The van der Waals surface area contributed by atoms with E-state index in [0.717, 1.165) is 34.6 Å². The van der Waals surface area contributed by atoms with Crippen LogP contribution in [0.4, 0.5) is 0 Å². The van der Waals surface area contributed by atoms with Crippen molar-refractivity contribution < 1.29 is 19.0 Å². The average Bonchev–Trinajstić information content (AvgIpc) is 3.33. The zero-order chi connectivity index (χ0) is 21.3. The van der Waals surface area contributed by atoms with E-state index in [1.165, 1.54) is 0 Å². The number of ether oxygens (including phenoxy) is 3. The Labute approximate surface area is 175 Å². The first-order valence-corrected chi connectivity index (χ1v) is 9.88. The Morgan fingerprint density at radius 1 is 1.00 bits per heavy atom. The molecule has 2 heterocycles. The molecule has 0 aliphatic carbocycles. The maximum atomic E-state index is 13.2. The third-order valence-electron chi connectivity index (χ3n) is 5.43. The minimum atomic E-state index is -0.302. The number of carbonyl (C=O) groups is 1. The standard InChI is InChI=1S/C23H25N3O4/c1-5-12-26-22(17-11-10-16(29-3)13-18(17)30-4)19-20(24-25-21(19)23(26)27)14-6-8-15(28-2)9-7-14/h6-11,13,22H,5,12H2,1-4H3,(H,24,25)/t22-/m0/s1. The van der Waals surface area contributed by atoms with Crippen LogP contribution in [0.2, 0.25) is 0 Å². The van der Waals surface area contributed by atoms with Gasteiger partial charge in [0.25, 0.3) is 5.91 Å². The number of hydrogen-bond donors (Lipinski definition) is 1. The quantitative estimate of drug-likeness (QED) is 0.639. The average molecular weight is 407 g/mol. The van der Waals surface area contributed by atoms with Gasteiger partial charge in [0.15, 0.2) is 0 Å². The van der Waals surface area contributed by atoms with Crippen LogP contribution in [-0.4, -0.2) is 48.9 Å². The van der Waals surface area contributed by atoms with Crippen LogP contribution in [0.1, 0.15) is 41.0 Å². The van der Waals surface area contributed by atoms with Crippen LogP contribution in [0.5, 0.6) is 17.2 Å². The Morgan fingerprint density at radius 3 is 2.33 bits per heavy atom. The van der Waals surface area contributed by atoms with E-state index in [0.29, 0.717) is 23.7 Å². The molecule has 0 saturated carbocycles. The molecule has 1 atom stereocenters. The fourth-order valence-corrected chi connectivity index (χ4v) is 4.00. The van der Waals surface area contributed by atoms with Gasteiger partial charge in [0, 0.05) is 29.3 Å². The van der Waals surface area contributed by atoms with E-state index >= 15 is 0 Å². The predicted octanol–water partition coefficient (Wildman–Crippen LogP) is 4.06. The molecule has 156 valence electrons. The first kappa shape index (κ1) is 19.8. The Balaban J connectivity index is 1.88. The van der Waals surface area contributed by atoms with Gasteiger partial charge in [-0.25, -0.2) is 0 Å². The number of nitrogens with one attached hydrogen (secondary N) is 1. The first-order valence-electron chi connectivity index (χ1n) is 9.88. The van der Waals surface area contributed by atoms with E-state index in [1.807, 2.05) is 47.4 Å². The van der Waals surface area contributed by atoms with E-state index in [1.54, 1.807) is 21.3 Å². The van der Waals surface area contributed by atoms with Gasteiger partial charge in [-0.15, -0.1) is 0 Å². The lowest BCUT2D eigenvalue weighted by Crippen LogP contribution is -2.30. The van der Waals surface area contributed by atoms with Gasteiger partial charge in [-0.1, -0.05) is 6.92 Å². The Morgan fingerprint density at radius 2 is 1.70 bits per heavy atom.